The first-order valence-corrected chi connectivity index (χ1v) is 16.0. The average Bonchev–Trinajstić information content (AvgIpc) is 3.46. The van der Waals surface area contributed by atoms with Gasteiger partial charge in [-0.1, -0.05) is 35.9 Å². The number of anilines is 2. The predicted molar refractivity (Wildman–Crippen MR) is 176 cm³/mol. The Morgan fingerprint density at radius 3 is 2.64 bits per heavy atom. The summed E-state index contributed by atoms with van der Waals surface area (Å²) >= 11 is 0. The monoisotopic (exact) mass is 614 g/mol. The van der Waals surface area contributed by atoms with E-state index in [2.05, 4.69) is 17.3 Å². The van der Waals surface area contributed by atoms with Crippen LogP contribution in [0.3, 0.4) is 0 Å². The van der Waals surface area contributed by atoms with Gasteiger partial charge >= 0.3 is 0 Å². The van der Waals surface area contributed by atoms with Crippen molar-refractivity contribution in [1.82, 2.24) is 9.80 Å². The SMILES string of the molecule is Cc1ccc2c(c1)C(=O)N1C[C@H](C[C@H]1CO)[C@H](CN(C)Cc1ccc(C(=O)Nc3ccccc3N)cc1)OCCCC[C@@H](C)O2. The fourth-order valence-electron chi connectivity index (χ4n) is 6.34. The molecule has 0 saturated carbocycles. The van der Waals surface area contributed by atoms with Crippen molar-refractivity contribution < 1.29 is 24.2 Å². The summed E-state index contributed by atoms with van der Waals surface area (Å²) in [6, 6.07) is 20.3. The van der Waals surface area contributed by atoms with E-state index in [4.69, 9.17) is 15.2 Å². The summed E-state index contributed by atoms with van der Waals surface area (Å²) in [6.45, 7) is 6.41. The van der Waals surface area contributed by atoms with Gasteiger partial charge in [0.25, 0.3) is 11.8 Å². The van der Waals surface area contributed by atoms with Crippen LogP contribution in [0.1, 0.15) is 64.4 Å². The molecule has 0 aliphatic carbocycles. The van der Waals surface area contributed by atoms with Crippen LogP contribution >= 0.6 is 0 Å². The lowest BCUT2D eigenvalue weighted by atomic mass is 9.98. The van der Waals surface area contributed by atoms with Gasteiger partial charge < -0.3 is 30.5 Å². The molecule has 0 aromatic heterocycles. The van der Waals surface area contributed by atoms with Gasteiger partial charge in [-0.3, -0.25) is 14.5 Å². The Morgan fingerprint density at radius 2 is 1.89 bits per heavy atom. The molecule has 4 N–H and O–H groups in total. The van der Waals surface area contributed by atoms with E-state index >= 15 is 0 Å². The number of para-hydroxylation sites is 2. The molecule has 9 heteroatoms. The van der Waals surface area contributed by atoms with Crippen molar-refractivity contribution in [3.05, 3.63) is 89.0 Å². The molecule has 2 bridgehead atoms. The molecule has 2 heterocycles. The number of nitrogens with one attached hydrogen (secondary N) is 1. The van der Waals surface area contributed by atoms with E-state index in [1.54, 1.807) is 12.1 Å². The number of likely N-dealkylation sites (N-methyl/N-ethyl adjacent to an activating group) is 1. The number of rotatable bonds is 7. The van der Waals surface area contributed by atoms with Gasteiger partial charge in [-0.25, -0.2) is 0 Å². The van der Waals surface area contributed by atoms with Gasteiger partial charge in [0.15, 0.2) is 0 Å². The van der Waals surface area contributed by atoms with Crippen LogP contribution in [-0.4, -0.2) is 78.3 Å². The molecular formula is C36H46N4O5. The number of benzene rings is 3. The summed E-state index contributed by atoms with van der Waals surface area (Å²) in [5.41, 5.74) is 10.3. The standard InChI is InChI=1S/C36H46N4O5/c1-24-11-16-33-30(18-24)36(43)40-21-28(19-29(40)23-41)34(44-17-7-6-8-25(2)45-33)22-39(3)20-26-12-14-27(15-13-26)35(42)38-32-10-5-4-9-31(32)37/h4-5,9-16,18,25,28-29,34,41H,6-8,17,19-23,37H2,1-3H3,(H,38,42)/t25-,28+,29+,34+/m1/s1. The number of aliphatic hydroxyl groups excluding tert-OH is 1. The number of fused-ring (bicyclic) bond motifs is 3. The number of carbonyl (C=O) groups excluding carboxylic acids is 2. The van der Waals surface area contributed by atoms with Gasteiger partial charge in [-0.15, -0.1) is 0 Å². The first-order valence-electron chi connectivity index (χ1n) is 16.0. The topological polar surface area (TPSA) is 117 Å². The molecular weight excluding hydrogens is 568 g/mol. The van der Waals surface area contributed by atoms with E-state index in [1.807, 2.05) is 73.3 Å². The second-order valence-electron chi connectivity index (χ2n) is 12.6. The Bertz CT molecular complexity index is 1460. The van der Waals surface area contributed by atoms with Gasteiger partial charge in [-0.05, 0) is 88.5 Å². The largest absolute Gasteiger partial charge is 0.490 e. The second kappa shape index (κ2) is 14.9. The number of amides is 2. The summed E-state index contributed by atoms with van der Waals surface area (Å²) in [4.78, 5) is 30.7. The number of ether oxygens (including phenoxy) is 2. The van der Waals surface area contributed by atoms with Crippen molar-refractivity contribution in [2.75, 3.05) is 44.4 Å². The highest BCUT2D eigenvalue weighted by Gasteiger charge is 2.40. The Hall–Kier alpha value is -3.92. The highest BCUT2D eigenvalue weighted by atomic mass is 16.5. The minimum Gasteiger partial charge on any atom is -0.490 e. The van der Waals surface area contributed by atoms with Gasteiger partial charge in [-0.2, -0.15) is 0 Å². The van der Waals surface area contributed by atoms with Gasteiger partial charge in [0.2, 0.25) is 0 Å². The molecule has 4 atom stereocenters. The highest BCUT2D eigenvalue weighted by molar-refractivity contribution is 6.05. The second-order valence-corrected chi connectivity index (χ2v) is 12.6. The van der Waals surface area contributed by atoms with E-state index in [9.17, 15) is 14.7 Å². The molecule has 0 spiro atoms. The van der Waals surface area contributed by atoms with Crippen LogP contribution in [-0.2, 0) is 11.3 Å². The van der Waals surface area contributed by atoms with Crippen LogP contribution in [0.2, 0.25) is 0 Å². The summed E-state index contributed by atoms with van der Waals surface area (Å²) in [5.74, 6) is 0.376. The lowest BCUT2D eigenvalue weighted by Crippen LogP contribution is -2.40. The molecule has 9 nitrogen and oxygen atoms in total. The van der Waals surface area contributed by atoms with Crippen molar-refractivity contribution in [3.63, 3.8) is 0 Å². The summed E-state index contributed by atoms with van der Waals surface area (Å²) in [7, 11) is 2.06. The van der Waals surface area contributed by atoms with E-state index in [1.165, 1.54) is 0 Å². The molecule has 3 aromatic carbocycles. The maximum atomic E-state index is 13.9. The zero-order valence-corrected chi connectivity index (χ0v) is 26.6. The molecule has 0 radical (unpaired) electrons. The minimum atomic E-state index is -0.278. The van der Waals surface area contributed by atoms with Gasteiger partial charge in [0, 0.05) is 37.7 Å². The van der Waals surface area contributed by atoms with Gasteiger partial charge in [0.05, 0.1) is 41.8 Å². The molecule has 2 aliphatic rings. The third kappa shape index (κ3) is 8.22. The van der Waals surface area contributed by atoms with Gasteiger partial charge in [0.1, 0.15) is 5.75 Å². The van der Waals surface area contributed by atoms with Crippen LogP contribution in [0.15, 0.2) is 66.7 Å². The highest BCUT2D eigenvalue weighted by Crippen LogP contribution is 2.33. The molecule has 3 aromatic rings. The normalized spacial score (nSPS) is 22.4. The fraction of sp³-hybridized carbons (Fsp3) is 0.444. The Kier molecular flexibility index (Phi) is 10.8. The number of nitrogen functional groups attached to an aromatic ring is 1. The van der Waals surface area contributed by atoms with Crippen molar-refractivity contribution in [2.45, 2.75) is 64.3 Å². The number of aryl methyl sites for hydroxylation is 1. The molecule has 240 valence electrons. The average molecular weight is 615 g/mol. The van der Waals surface area contributed by atoms with Crippen LogP contribution in [0.5, 0.6) is 5.75 Å². The van der Waals surface area contributed by atoms with Crippen LogP contribution < -0.4 is 15.8 Å². The number of hydrogen-bond acceptors (Lipinski definition) is 7. The molecule has 2 aliphatic heterocycles. The third-order valence-corrected chi connectivity index (χ3v) is 8.84. The fourth-order valence-corrected chi connectivity index (χ4v) is 6.34. The maximum Gasteiger partial charge on any atom is 0.257 e. The summed E-state index contributed by atoms with van der Waals surface area (Å²) in [6.07, 6.45) is 3.30. The van der Waals surface area contributed by atoms with E-state index in [0.29, 0.717) is 60.9 Å². The molecule has 0 unspecified atom stereocenters. The molecule has 2 amide bonds. The molecule has 5 rings (SSSR count). The van der Waals surface area contributed by atoms with Crippen LogP contribution in [0.4, 0.5) is 11.4 Å². The first-order chi connectivity index (χ1) is 21.7. The molecule has 1 saturated heterocycles. The number of aliphatic hydroxyl groups is 1. The zero-order chi connectivity index (χ0) is 31.9. The van der Waals surface area contributed by atoms with E-state index < -0.39 is 0 Å². The number of hydrogen-bond donors (Lipinski definition) is 3. The summed E-state index contributed by atoms with van der Waals surface area (Å²) in [5, 5.41) is 13.2. The third-order valence-electron chi connectivity index (χ3n) is 8.84. The Balaban J connectivity index is 1.27. The van der Waals surface area contributed by atoms with Crippen molar-refractivity contribution in [2.24, 2.45) is 5.92 Å². The summed E-state index contributed by atoms with van der Waals surface area (Å²) < 4.78 is 12.8. The van der Waals surface area contributed by atoms with Crippen molar-refractivity contribution in [3.8, 4) is 5.75 Å². The first kappa shape index (κ1) is 32.5. The maximum absolute atomic E-state index is 13.9. The smallest absolute Gasteiger partial charge is 0.257 e. The Morgan fingerprint density at radius 1 is 1.11 bits per heavy atom. The zero-order valence-electron chi connectivity index (χ0n) is 26.6. The van der Waals surface area contributed by atoms with Crippen molar-refractivity contribution >= 4 is 23.2 Å². The van der Waals surface area contributed by atoms with Crippen LogP contribution in [0.25, 0.3) is 0 Å². The number of nitrogens with two attached hydrogens (primary N) is 1. The molecule has 45 heavy (non-hydrogen) atoms. The molecule has 1 fully saturated rings. The quantitative estimate of drug-likeness (QED) is 0.316. The predicted octanol–water partition coefficient (Wildman–Crippen LogP) is 5.12. The number of carbonyl (C=O) groups is 2. The Labute approximate surface area is 266 Å². The lowest BCUT2D eigenvalue weighted by molar-refractivity contribution is -0.00752. The van der Waals surface area contributed by atoms with E-state index in [-0.39, 0.29) is 42.6 Å². The lowest BCUT2D eigenvalue weighted by Gasteiger charge is -2.29. The van der Waals surface area contributed by atoms with Crippen molar-refractivity contribution in [1.29, 1.82) is 0 Å². The minimum absolute atomic E-state index is 0.0296. The van der Waals surface area contributed by atoms with Crippen LogP contribution in [0, 0.1) is 12.8 Å². The number of nitrogens with zero attached hydrogens (tertiary/aromatic N) is 2. The van der Waals surface area contributed by atoms with E-state index in [0.717, 1.165) is 30.4 Å².